The standard InChI is InChI=1S/C16H14N2O5S/c1-22-10-7-8-12(13(9-10)23-2)17-18-16-15(19)11-5-3-4-6-14(11)24(16,20)21/h3-9,17H,1-2H3. The van der Waals surface area contributed by atoms with Gasteiger partial charge in [0.2, 0.25) is 20.7 Å². The Labute approximate surface area is 138 Å². The molecule has 0 aliphatic carbocycles. The summed E-state index contributed by atoms with van der Waals surface area (Å²) >= 11 is 0. The van der Waals surface area contributed by atoms with E-state index in [2.05, 4.69) is 10.5 Å². The van der Waals surface area contributed by atoms with Gasteiger partial charge in [-0.05, 0) is 24.3 Å². The number of anilines is 1. The number of ketones is 1. The van der Waals surface area contributed by atoms with Crippen LogP contribution in [0, 0.1) is 0 Å². The van der Waals surface area contributed by atoms with Crippen molar-refractivity contribution in [1.29, 1.82) is 0 Å². The number of carbonyl (C=O) groups excluding carboxylic acids is 1. The number of fused-ring (bicyclic) bond motifs is 1. The van der Waals surface area contributed by atoms with E-state index in [0.717, 1.165) is 0 Å². The first-order valence-electron chi connectivity index (χ1n) is 6.93. The minimum atomic E-state index is -3.93. The molecule has 1 heterocycles. The number of ether oxygens (including phenoxy) is 2. The number of methoxy groups -OCH3 is 2. The molecular formula is C16H14N2O5S. The van der Waals surface area contributed by atoms with Crippen LogP contribution >= 0.6 is 0 Å². The summed E-state index contributed by atoms with van der Waals surface area (Å²) in [5.74, 6) is 0.339. The van der Waals surface area contributed by atoms with Crippen LogP contribution in [0.15, 0.2) is 52.5 Å². The van der Waals surface area contributed by atoms with E-state index in [-0.39, 0.29) is 10.5 Å². The monoisotopic (exact) mass is 346 g/mol. The molecule has 1 aliphatic heterocycles. The van der Waals surface area contributed by atoms with Crippen molar-refractivity contribution in [3.05, 3.63) is 48.0 Å². The number of rotatable bonds is 4. The smallest absolute Gasteiger partial charge is 0.230 e. The largest absolute Gasteiger partial charge is 0.497 e. The Balaban J connectivity index is 1.98. The fraction of sp³-hybridized carbons (Fsp3) is 0.125. The molecule has 0 bridgehead atoms. The third-order valence-corrected chi connectivity index (χ3v) is 5.28. The van der Waals surface area contributed by atoms with E-state index in [4.69, 9.17) is 9.47 Å². The van der Waals surface area contributed by atoms with Gasteiger partial charge in [-0.15, -0.1) is 0 Å². The molecule has 0 atom stereocenters. The van der Waals surface area contributed by atoms with Crippen molar-refractivity contribution in [3.63, 3.8) is 0 Å². The van der Waals surface area contributed by atoms with Gasteiger partial charge in [0.05, 0.1) is 24.8 Å². The highest BCUT2D eigenvalue weighted by molar-refractivity contribution is 8.09. The van der Waals surface area contributed by atoms with Crippen LogP contribution in [0.2, 0.25) is 0 Å². The molecule has 0 saturated carbocycles. The topological polar surface area (TPSA) is 94.1 Å². The van der Waals surface area contributed by atoms with Gasteiger partial charge in [-0.1, -0.05) is 12.1 Å². The predicted molar refractivity (Wildman–Crippen MR) is 88.6 cm³/mol. The predicted octanol–water partition coefficient (Wildman–Crippen LogP) is 2.10. The number of hydrogen-bond donors (Lipinski definition) is 1. The quantitative estimate of drug-likeness (QED) is 0.852. The van der Waals surface area contributed by atoms with Crippen LogP contribution in [0.3, 0.4) is 0 Å². The van der Waals surface area contributed by atoms with Gasteiger partial charge in [-0.25, -0.2) is 8.42 Å². The Morgan fingerprint density at radius 3 is 2.46 bits per heavy atom. The molecular weight excluding hydrogens is 332 g/mol. The number of sulfone groups is 1. The lowest BCUT2D eigenvalue weighted by Gasteiger charge is -2.09. The number of Topliss-reactive ketones (excluding diaryl/α,β-unsaturated/α-hetero) is 1. The fourth-order valence-corrected chi connectivity index (χ4v) is 3.78. The Morgan fingerprint density at radius 1 is 1.04 bits per heavy atom. The minimum absolute atomic E-state index is 0.0303. The number of nitrogens with one attached hydrogen (secondary N) is 1. The van der Waals surface area contributed by atoms with Crippen LogP contribution in [0.5, 0.6) is 11.5 Å². The first-order chi connectivity index (χ1) is 11.5. The molecule has 24 heavy (non-hydrogen) atoms. The maximum absolute atomic E-state index is 12.4. The first kappa shape index (κ1) is 16.0. The molecule has 0 spiro atoms. The molecule has 124 valence electrons. The van der Waals surface area contributed by atoms with Crippen molar-refractivity contribution >= 4 is 26.4 Å². The van der Waals surface area contributed by atoms with E-state index in [1.54, 1.807) is 30.3 Å². The summed E-state index contributed by atoms with van der Waals surface area (Å²) in [6.07, 6.45) is 0. The van der Waals surface area contributed by atoms with Crippen LogP contribution in [0.4, 0.5) is 5.69 Å². The van der Waals surface area contributed by atoms with Crippen LogP contribution in [0.1, 0.15) is 10.4 Å². The van der Waals surface area contributed by atoms with E-state index in [9.17, 15) is 13.2 Å². The first-order valence-corrected chi connectivity index (χ1v) is 8.42. The third kappa shape index (κ3) is 2.50. The molecule has 0 aromatic heterocycles. The molecule has 3 rings (SSSR count). The van der Waals surface area contributed by atoms with Crippen molar-refractivity contribution in [3.8, 4) is 11.5 Å². The molecule has 0 radical (unpaired) electrons. The van der Waals surface area contributed by atoms with Gasteiger partial charge in [-0.3, -0.25) is 10.2 Å². The van der Waals surface area contributed by atoms with Gasteiger partial charge in [0.25, 0.3) is 0 Å². The van der Waals surface area contributed by atoms with E-state index < -0.39 is 20.7 Å². The molecule has 2 aromatic carbocycles. The molecule has 1 N–H and O–H groups in total. The fourth-order valence-electron chi connectivity index (χ4n) is 2.34. The Kier molecular flexibility index (Phi) is 3.98. The van der Waals surface area contributed by atoms with Crippen LogP contribution in [-0.2, 0) is 9.84 Å². The molecule has 8 heteroatoms. The molecule has 0 unspecified atom stereocenters. The molecule has 1 aliphatic rings. The highest BCUT2D eigenvalue weighted by Crippen LogP contribution is 2.31. The second-order valence-electron chi connectivity index (χ2n) is 4.92. The van der Waals surface area contributed by atoms with Gasteiger partial charge < -0.3 is 9.47 Å². The van der Waals surface area contributed by atoms with Crippen molar-refractivity contribution < 1.29 is 22.7 Å². The normalized spacial score (nSPS) is 16.8. The zero-order valence-corrected chi connectivity index (χ0v) is 13.8. The summed E-state index contributed by atoms with van der Waals surface area (Å²) in [6.45, 7) is 0. The molecule has 2 aromatic rings. The summed E-state index contributed by atoms with van der Waals surface area (Å²) in [5.41, 5.74) is 3.12. The number of benzene rings is 2. The highest BCUT2D eigenvalue weighted by atomic mass is 32.2. The minimum Gasteiger partial charge on any atom is -0.497 e. The number of hydrogen-bond acceptors (Lipinski definition) is 7. The van der Waals surface area contributed by atoms with Crippen molar-refractivity contribution in [1.82, 2.24) is 0 Å². The summed E-state index contributed by atoms with van der Waals surface area (Å²) < 4.78 is 35.1. The average molecular weight is 346 g/mol. The lowest BCUT2D eigenvalue weighted by molar-refractivity contribution is 0.106. The van der Waals surface area contributed by atoms with E-state index in [1.807, 2.05) is 0 Å². The molecule has 7 nitrogen and oxygen atoms in total. The maximum Gasteiger partial charge on any atom is 0.230 e. The van der Waals surface area contributed by atoms with E-state index in [1.165, 1.54) is 26.4 Å². The summed E-state index contributed by atoms with van der Waals surface area (Å²) in [4.78, 5) is 12.3. The zero-order chi connectivity index (χ0) is 17.3. The number of carbonyl (C=O) groups is 1. The lowest BCUT2D eigenvalue weighted by Crippen LogP contribution is -2.17. The van der Waals surface area contributed by atoms with Gasteiger partial charge in [0.1, 0.15) is 11.5 Å². The Hall–Kier alpha value is -2.87. The summed E-state index contributed by atoms with van der Waals surface area (Å²) in [6, 6.07) is 10.9. The van der Waals surface area contributed by atoms with Gasteiger partial charge in [-0.2, -0.15) is 5.10 Å². The lowest BCUT2D eigenvalue weighted by atomic mass is 10.1. The van der Waals surface area contributed by atoms with Crippen molar-refractivity contribution in [2.45, 2.75) is 4.90 Å². The third-order valence-electron chi connectivity index (χ3n) is 3.56. The van der Waals surface area contributed by atoms with E-state index >= 15 is 0 Å². The van der Waals surface area contributed by atoms with Gasteiger partial charge in [0.15, 0.2) is 0 Å². The number of nitrogens with zero attached hydrogens (tertiary/aromatic N) is 1. The van der Waals surface area contributed by atoms with Crippen LogP contribution < -0.4 is 14.9 Å². The zero-order valence-electron chi connectivity index (χ0n) is 12.9. The van der Waals surface area contributed by atoms with E-state index in [0.29, 0.717) is 17.2 Å². The number of hydrazone groups is 1. The highest BCUT2D eigenvalue weighted by Gasteiger charge is 2.41. The Morgan fingerprint density at radius 2 is 1.79 bits per heavy atom. The molecule has 0 fully saturated rings. The Bertz CT molecular complexity index is 951. The van der Waals surface area contributed by atoms with Crippen LogP contribution in [0.25, 0.3) is 0 Å². The second-order valence-corrected chi connectivity index (χ2v) is 6.76. The second kappa shape index (κ2) is 5.97. The molecule has 0 saturated heterocycles. The van der Waals surface area contributed by atoms with Gasteiger partial charge >= 0.3 is 0 Å². The molecule has 0 amide bonds. The van der Waals surface area contributed by atoms with Crippen LogP contribution in [-0.4, -0.2) is 33.5 Å². The van der Waals surface area contributed by atoms with Gasteiger partial charge in [0, 0.05) is 11.6 Å². The summed E-state index contributed by atoms with van der Waals surface area (Å²) in [7, 11) is -0.950. The van der Waals surface area contributed by atoms with Crippen molar-refractivity contribution in [2.75, 3.05) is 19.6 Å². The van der Waals surface area contributed by atoms with Crippen molar-refractivity contribution in [2.24, 2.45) is 5.10 Å². The average Bonchev–Trinajstić information content (AvgIpc) is 2.80. The summed E-state index contributed by atoms with van der Waals surface area (Å²) in [5, 5.41) is 3.27. The maximum atomic E-state index is 12.4. The SMILES string of the molecule is COc1ccc(NN=C2C(=O)c3ccccc3S2(=O)=O)c(OC)c1.